The summed E-state index contributed by atoms with van der Waals surface area (Å²) in [7, 11) is 0. The molecule has 0 saturated carbocycles. The van der Waals surface area contributed by atoms with Crippen LogP contribution in [0.5, 0.6) is 0 Å². The van der Waals surface area contributed by atoms with Crippen molar-refractivity contribution in [1.29, 1.82) is 0 Å². The van der Waals surface area contributed by atoms with Crippen LogP contribution in [0, 0.1) is 6.92 Å². The largest absolute Gasteiger partial charge is 0.452 e. The number of carbonyl (C=O) groups is 4. The maximum absolute atomic E-state index is 12.7. The Labute approximate surface area is 179 Å². The molecule has 0 bridgehead atoms. The van der Waals surface area contributed by atoms with E-state index in [2.05, 4.69) is 5.32 Å². The highest BCUT2D eigenvalue weighted by Crippen LogP contribution is 2.26. The predicted molar refractivity (Wildman–Crippen MR) is 111 cm³/mol. The molecule has 2 aromatic carbocycles. The molecule has 0 aliphatic carbocycles. The van der Waals surface area contributed by atoms with Gasteiger partial charge >= 0.3 is 5.97 Å². The van der Waals surface area contributed by atoms with Gasteiger partial charge in [0.15, 0.2) is 6.61 Å². The second-order valence-electron chi connectivity index (χ2n) is 7.61. The van der Waals surface area contributed by atoms with Crippen molar-refractivity contribution in [1.82, 2.24) is 4.90 Å². The number of hydrogen-bond acceptors (Lipinski definition) is 6. The quantitative estimate of drug-likeness (QED) is 0.567. The number of carbonyl (C=O) groups excluding carboxylic acids is 4. The zero-order valence-electron chi connectivity index (χ0n) is 17.1. The molecule has 160 valence electrons. The minimum absolute atomic E-state index is 0.0991. The minimum Gasteiger partial charge on any atom is -0.452 e. The molecule has 2 heterocycles. The van der Waals surface area contributed by atoms with Crippen LogP contribution in [0.1, 0.15) is 49.5 Å². The summed E-state index contributed by atoms with van der Waals surface area (Å²) in [6, 6.07) is 11.4. The van der Waals surface area contributed by atoms with Crippen molar-refractivity contribution in [2.24, 2.45) is 0 Å². The Hall–Kier alpha value is -3.52. The normalized spacial score (nSPS) is 17.6. The lowest BCUT2D eigenvalue weighted by atomic mass is 10.1. The molecular formula is C23H22N2O6. The number of nitrogens with zero attached hydrogens (tertiary/aromatic N) is 1. The number of esters is 1. The van der Waals surface area contributed by atoms with Gasteiger partial charge in [-0.3, -0.25) is 19.3 Å². The molecule has 31 heavy (non-hydrogen) atoms. The highest BCUT2D eigenvalue weighted by molar-refractivity contribution is 6.22. The van der Waals surface area contributed by atoms with Gasteiger partial charge in [-0.25, -0.2) is 4.79 Å². The average molecular weight is 422 g/mol. The first-order chi connectivity index (χ1) is 14.9. The van der Waals surface area contributed by atoms with Crippen LogP contribution in [-0.2, 0) is 14.3 Å². The van der Waals surface area contributed by atoms with Crippen LogP contribution in [0.25, 0.3) is 0 Å². The fraction of sp³-hybridized carbons (Fsp3) is 0.304. The SMILES string of the molecule is Cc1ccc(NC(=O)COC(=O)c2ccc3c(c2)C(=O)N(C[C@@H]2CCCO2)C3=O)cc1. The molecule has 0 aromatic heterocycles. The Kier molecular flexibility index (Phi) is 5.81. The maximum atomic E-state index is 12.7. The second kappa shape index (κ2) is 8.69. The first-order valence-electron chi connectivity index (χ1n) is 10.1. The number of nitrogens with one attached hydrogen (secondary N) is 1. The van der Waals surface area contributed by atoms with Gasteiger partial charge in [-0.2, -0.15) is 0 Å². The van der Waals surface area contributed by atoms with E-state index in [1.54, 1.807) is 12.1 Å². The van der Waals surface area contributed by atoms with Crippen molar-refractivity contribution in [2.75, 3.05) is 25.1 Å². The minimum atomic E-state index is -0.750. The van der Waals surface area contributed by atoms with Crippen LogP contribution in [0.3, 0.4) is 0 Å². The second-order valence-corrected chi connectivity index (χ2v) is 7.61. The molecule has 2 aromatic rings. The summed E-state index contributed by atoms with van der Waals surface area (Å²) in [6.07, 6.45) is 1.55. The first-order valence-corrected chi connectivity index (χ1v) is 10.1. The first kappa shape index (κ1) is 20.7. The number of imide groups is 1. The molecule has 0 unspecified atom stereocenters. The van der Waals surface area contributed by atoms with E-state index in [1.165, 1.54) is 18.2 Å². The summed E-state index contributed by atoms with van der Waals surface area (Å²) in [4.78, 5) is 50.8. The lowest BCUT2D eigenvalue weighted by molar-refractivity contribution is -0.119. The van der Waals surface area contributed by atoms with Crippen LogP contribution >= 0.6 is 0 Å². The molecule has 1 atom stereocenters. The van der Waals surface area contributed by atoms with E-state index < -0.39 is 30.3 Å². The van der Waals surface area contributed by atoms with Gasteiger partial charge in [0.25, 0.3) is 17.7 Å². The number of fused-ring (bicyclic) bond motifs is 1. The van der Waals surface area contributed by atoms with Crippen molar-refractivity contribution in [3.8, 4) is 0 Å². The third-order valence-electron chi connectivity index (χ3n) is 5.29. The lowest BCUT2D eigenvalue weighted by Gasteiger charge is -2.17. The zero-order valence-corrected chi connectivity index (χ0v) is 17.1. The standard InChI is InChI=1S/C23H22N2O6/c1-14-4-7-16(8-5-14)24-20(26)13-31-23(29)15-6-9-18-19(11-15)22(28)25(21(18)27)12-17-3-2-10-30-17/h4-9,11,17H,2-3,10,12-13H2,1H3,(H,24,26)/t17-/m0/s1. The molecule has 2 aliphatic rings. The topological polar surface area (TPSA) is 102 Å². The van der Waals surface area contributed by atoms with Crippen molar-refractivity contribution >= 4 is 29.4 Å². The van der Waals surface area contributed by atoms with Crippen LogP contribution in [-0.4, -0.2) is 54.5 Å². The molecule has 1 saturated heterocycles. The highest BCUT2D eigenvalue weighted by Gasteiger charge is 2.38. The van der Waals surface area contributed by atoms with Gasteiger partial charge in [0.05, 0.1) is 29.3 Å². The summed E-state index contributed by atoms with van der Waals surface area (Å²) in [5.41, 5.74) is 2.16. The van der Waals surface area contributed by atoms with E-state index >= 15 is 0 Å². The number of aryl methyl sites for hydroxylation is 1. The smallest absolute Gasteiger partial charge is 0.338 e. The van der Waals surface area contributed by atoms with E-state index in [1.807, 2.05) is 19.1 Å². The van der Waals surface area contributed by atoms with Crippen molar-refractivity contribution in [3.05, 3.63) is 64.7 Å². The summed E-state index contributed by atoms with van der Waals surface area (Å²) in [6.45, 7) is 2.29. The lowest BCUT2D eigenvalue weighted by Crippen LogP contribution is -2.36. The summed E-state index contributed by atoms with van der Waals surface area (Å²) in [5.74, 6) is -2.08. The van der Waals surface area contributed by atoms with Crippen molar-refractivity contribution in [2.45, 2.75) is 25.9 Å². The van der Waals surface area contributed by atoms with E-state index in [9.17, 15) is 19.2 Å². The Morgan fingerprint density at radius 3 is 2.55 bits per heavy atom. The monoisotopic (exact) mass is 422 g/mol. The molecule has 0 spiro atoms. The molecule has 4 rings (SSSR count). The predicted octanol–water partition coefficient (Wildman–Crippen LogP) is 2.57. The van der Waals surface area contributed by atoms with Crippen LogP contribution in [0.2, 0.25) is 0 Å². The number of amides is 3. The third-order valence-corrected chi connectivity index (χ3v) is 5.29. The summed E-state index contributed by atoms with van der Waals surface area (Å²) < 4.78 is 10.6. The van der Waals surface area contributed by atoms with Gasteiger partial charge in [0, 0.05) is 12.3 Å². The number of hydrogen-bond donors (Lipinski definition) is 1. The molecule has 2 aliphatic heterocycles. The maximum Gasteiger partial charge on any atom is 0.338 e. The van der Waals surface area contributed by atoms with E-state index in [4.69, 9.17) is 9.47 Å². The fourth-order valence-corrected chi connectivity index (χ4v) is 3.62. The van der Waals surface area contributed by atoms with E-state index in [0.29, 0.717) is 12.3 Å². The van der Waals surface area contributed by atoms with Crippen molar-refractivity contribution in [3.63, 3.8) is 0 Å². The summed E-state index contributed by atoms with van der Waals surface area (Å²) >= 11 is 0. The molecule has 1 N–H and O–H groups in total. The Bertz CT molecular complexity index is 1040. The molecule has 3 amide bonds. The van der Waals surface area contributed by atoms with Crippen LogP contribution in [0.4, 0.5) is 5.69 Å². The number of ether oxygens (including phenoxy) is 2. The van der Waals surface area contributed by atoms with Crippen LogP contribution < -0.4 is 5.32 Å². The number of anilines is 1. The number of benzene rings is 2. The Morgan fingerprint density at radius 2 is 1.84 bits per heavy atom. The third kappa shape index (κ3) is 4.49. The van der Waals surface area contributed by atoms with Gasteiger partial charge in [0.1, 0.15) is 0 Å². The molecule has 0 radical (unpaired) electrons. The number of rotatable bonds is 6. The molecular weight excluding hydrogens is 400 g/mol. The van der Waals surface area contributed by atoms with Gasteiger partial charge < -0.3 is 14.8 Å². The fourth-order valence-electron chi connectivity index (χ4n) is 3.62. The van der Waals surface area contributed by atoms with Gasteiger partial charge in [-0.15, -0.1) is 0 Å². The molecule has 1 fully saturated rings. The van der Waals surface area contributed by atoms with Gasteiger partial charge in [-0.05, 0) is 50.1 Å². The molecule has 8 nitrogen and oxygen atoms in total. The highest BCUT2D eigenvalue weighted by atomic mass is 16.5. The van der Waals surface area contributed by atoms with Crippen LogP contribution in [0.15, 0.2) is 42.5 Å². The molecule has 8 heteroatoms. The average Bonchev–Trinajstić information content (AvgIpc) is 3.36. The van der Waals surface area contributed by atoms with Crippen molar-refractivity contribution < 1.29 is 28.7 Å². The Balaban J connectivity index is 1.37. The van der Waals surface area contributed by atoms with E-state index in [-0.39, 0.29) is 29.3 Å². The van der Waals surface area contributed by atoms with Gasteiger partial charge in [-0.1, -0.05) is 17.7 Å². The van der Waals surface area contributed by atoms with Gasteiger partial charge in [0.2, 0.25) is 0 Å². The van der Waals surface area contributed by atoms with E-state index in [0.717, 1.165) is 23.3 Å². The summed E-state index contributed by atoms with van der Waals surface area (Å²) in [5, 5.41) is 2.64. The zero-order chi connectivity index (χ0) is 22.0. The Morgan fingerprint density at radius 1 is 1.10 bits per heavy atom.